The van der Waals surface area contributed by atoms with Gasteiger partial charge in [0.1, 0.15) is 30.8 Å². The Balaban J connectivity index is 1.83. The molecule has 1 atom stereocenters. The smallest absolute Gasteiger partial charge is 0.328 e. The number of halogens is 2. The first kappa shape index (κ1) is 17.3. The molecule has 0 saturated heterocycles. The zero-order valence-electron chi connectivity index (χ0n) is 13.2. The fraction of sp³-hybridized carbons (Fsp3) is 0.375. The lowest BCUT2D eigenvalue weighted by Gasteiger charge is -2.14. The van der Waals surface area contributed by atoms with Gasteiger partial charge in [-0.2, -0.15) is 5.10 Å². The van der Waals surface area contributed by atoms with Crippen LogP contribution in [0, 0.1) is 19.7 Å². The van der Waals surface area contributed by atoms with Crippen LogP contribution < -0.4 is 4.74 Å². The Hall–Kier alpha value is -2.08. The summed E-state index contributed by atoms with van der Waals surface area (Å²) in [6.07, 6.45) is -0.474. The fourth-order valence-electron chi connectivity index (χ4n) is 2.02. The maximum Gasteiger partial charge on any atom is 0.328 e. The van der Waals surface area contributed by atoms with Gasteiger partial charge in [0, 0.05) is 6.07 Å². The molecule has 0 N–H and O–H groups in total. The summed E-state index contributed by atoms with van der Waals surface area (Å²) < 4.78 is 25.2. The maximum absolute atomic E-state index is 13.0. The summed E-state index contributed by atoms with van der Waals surface area (Å²) in [4.78, 5) is 11.9. The second kappa shape index (κ2) is 7.46. The molecule has 7 heteroatoms. The lowest BCUT2D eigenvalue weighted by atomic mass is 10.3. The average molecular weight is 341 g/mol. The van der Waals surface area contributed by atoms with E-state index in [0.29, 0.717) is 22.2 Å². The van der Waals surface area contributed by atoms with Crippen molar-refractivity contribution in [3.8, 4) is 5.75 Å². The molecule has 0 spiro atoms. The normalized spacial score (nSPS) is 12.0. The van der Waals surface area contributed by atoms with Crippen molar-refractivity contribution in [2.24, 2.45) is 0 Å². The Morgan fingerprint density at radius 1 is 1.43 bits per heavy atom. The summed E-state index contributed by atoms with van der Waals surface area (Å²) in [5.41, 5.74) is 1.38. The number of esters is 1. The van der Waals surface area contributed by atoms with E-state index in [1.165, 1.54) is 16.8 Å². The molecule has 1 heterocycles. The van der Waals surface area contributed by atoms with Crippen molar-refractivity contribution in [3.05, 3.63) is 46.5 Å². The Labute approximate surface area is 139 Å². The van der Waals surface area contributed by atoms with E-state index in [9.17, 15) is 9.18 Å². The van der Waals surface area contributed by atoms with Crippen LogP contribution >= 0.6 is 11.6 Å². The van der Waals surface area contributed by atoms with E-state index in [2.05, 4.69) is 5.10 Å². The number of aryl methyl sites for hydroxylation is 1. The number of ether oxygens (including phenoxy) is 2. The quantitative estimate of drug-likeness (QED) is 0.757. The first-order valence-electron chi connectivity index (χ1n) is 7.14. The van der Waals surface area contributed by atoms with Crippen LogP contribution in [-0.2, 0) is 16.1 Å². The molecule has 0 saturated carbocycles. The summed E-state index contributed by atoms with van der Waals surface area (Å²) >= 11 is 6.03. The largest absolute Gasteiger partial charge is 0.490 e. The Morgan fingerprint density at radius 3 is 2.78 bits per heavy atom. The van der Waals surface area contributed by atoms with Crippen molar-refractivity contribution in [3.63, 3.8) is 0 Å². The van der Waals surface area contributed by atoms with Gasteiger partial charge in [-0.3, -0.25) is 9.48 Å². The number of nitrogens with zero attached hydrogens (tertiary/aromatic N) is 2. The maximum atomic E-state index is 13.0. The van der Waals surface area contributed by atoms with Gasteiger partial charge in [0.25, 0.3) is 0 Å². The average Bonchev–Trinajstić information content (AvgIpc) is 2.72. The molecule has 0 aliphatic rings. The highest BCUT2D eigenvalue weighted by atomic mass is 35.5. The number of carbonyl (C=O) groups excluding carboxylic acids is 1. The fourth-order valence-corrected chi connectivity index (χ4v) is 2.15. The molecule has 0 radical (unpaired) electrons. The van der Waals surface area contributed by atoms with Gasteiger partial charge < -0.3 is 9.47 Å². The summed E-state index contributed by atoms with van der Waals surface area (Å²) in [6, 6.07) is 5.78. The van der Waals surface area contributed by atoms with Gasteiger partial charge in [0.15, 0.2) is 0 Å². The van der Waals surface area contributed by atoms with E-state index in [1.807, 2.05) is 0 Å². The Kier molecular flexibility index (Phi) is 5.60. The van der Waals surface area contributed by atoms with Crippen molar-refractivity contribution in [1.82, 2.24) is 9.78 Å². The number of carbonyl (C=O) groups is 1. The Morgan fingerprint density at radius 2 is 2.17 bits per heavy atom. The first-order chi connectivity index (χ1) is 10.9. The van der Waals surface area contributed by atoms with Crippen molar-refractivity contribution in [1.29, 1.82) is 0 Å². The number of benzene rings is 1. The first-order valence-corrected chi connectivity index (χ1v) is 7.52. The molecule has 23 heavy (non-hydrogen) atoms. The number of aromatic nitrogens is 2. The molecule has 1 aromatic carbocycles. The van der Waals surface area contributed by atoms with Gasteiger partial charge in [0.05, 0.1) is 16.4 Å². The second-order valence-corrected chi connectivity index (χ2v) is 5.59. The minimum absolute atomic E-state index is 0.0241. The highest BCUT2D eigenvalue weighted by molar-refractivity contribution is 6.31. The molecule has 0 bridgehead atoms. The molecule has 0 fully saturated rings. The van der Waals surface area contributed by atoms with E-state index in [-0.39, 0.29) is 19.0 Å². The predicted octanol–water partition coefficient (Wildman–Crippen LogP) is 3.30. The van der Waals surface area contributed by atoms with Gasteiger partial charge in [-0.25, -0.2) is 4.39 Å². The molecule has 1 aromatic heterocycles. The summed E-state index contributed by atoms with van der Waals surface area (Å²) in [6.45, 7) is 5.36. The molecule has 124 valence electrons. The molecule has 0 aliphatic carbocycles. The summed E-state index contributed by atoms with van der Waals surface area (Å²) in [5, 5.41) is 4.71. The molecule has 2 rings (SSSR count). The third-order valence-corrected chi connectivity index (χ3v) is 3.73. The lowest BCUT2D eigenvalue weighted by Crippen LogP contribution is -2.25. The third-order valence-electron chi connectivity index (χ3n) is 3.19. The molecule has 5 nitrogen and oxygen atoms in total. The topological polar surface area (TPSA) is 53.4 Å². The van der Waals surface area contributed by atoms with Crippen LogP contribution in [0.15, 0.2) is 24.3 Å². The van der Waals surface area contributed by atoms with Crippen LogP contribution in [0.1, 0.15) is 18.3 Å². The van der Waals surface area contributed by atoms with Gasteiger partial charge >= 0.3 is 5.97 Å². The van der Waals surface area contributed by atoms with E-state index < -0.39 is 12.1 Å². The van der Waals surface area contributed by atoms with Crippen molar-refractivity contribution in [2.45, 2.75) is 33.4 Å². The zero-order valence-corrected chi connectivity index (χ0v) is 13.9. The van der Waals surface area contributed by atoms with Crippen LogP contribution in [0.5, 0.6) is 5.75 Å². The Bertz CT molecular complexity index is 703. The second-order valence-electron chi connectivity index (χ2n) is 5.21. The van der Waals surface area contributed by atoms with Gasteiger partial charge in [-0.05, 0) is 32.9 Å². The molecular formula is C16H18ClFN2O3. The predicted molar refractivity (Wildman–Crippen MR) is 84.2 cm³/mol. The van der Waals surface area contributed by atoms with Crippen molar-refractivity contribution < 1.29 is 18.7 Å². The monoisotopic (exact) mass is 340 g/mol. The third kappa shape index (κ3) is 4.69. The number of rotatable bonds is 6. The van der Waals surface area contributed by atoms with E-state index in [4.69, 9.17) is 21.1 Å². The molecule has 0 aliphatic heterocycles. The van der Waals surface area contributed by atoms with Crippen LogP contribution in [0.4, 0.5) is 4.39 Å². The van der Waals surface area contributed by atoms with Crippen LogP contribution in [0.2, 0.25) is 5.02 Å². The zero-order chi connectivity index (χ0) is 17.0. The highest BCUT2D eigenvalue weighted by Gasteiger charge is 2.15. The van der Waals surface area contributed by atoms with E-state index in [1.54, 1.807) is 32.9 Å². The van der Waals surface area contributed by atoms with Gasteiger partial charge in [0.2, 0.25) is 0 Å². The highest BCUT2D eigenvalue weighted by Crippen LogP contribution is 2.19. The van der Waals surface area contributed by atoms with E-state index in [0.717, 1.165) is 0 Å². The molecule has 2 aromatic rings. The number of hydrogen-bond donors (Lipinski definition) is 0. The molecule has 1 unspecified atom stereocenters. The van der Waals surface area contributed by atoms with Crippen LogP contribution in [0.25, 0.3) is 0 Å². The standard InChI is InChI=1S/C16H18ClFN2O3/c1-10(9-22-14-6-4-5-13(18)7-14)23-15(21)8-20-12(3)16(17)11(2)19-20/h4-7,10H,8-9H2,1-3H3. The van der Waals surface area contributed by atoms with Gasteiger partial charge in [-0.15, -0.1) is 0 Å². The SMILES string of the molecule is Cc1nn(CC(=O)OC(C)COc2cccc(F)c2)c(C)c1Cl. The van der Waals surface area contributed by atoms with Crippen molar-refractivity contribution >= 4 is 17.6 Å². The van der Waals surface area contributed by atoms with E-state index >= 15 is 0 Å². The number of hydrogen-bond acceptors (Lipinski definition) is 4. The van der Waals surface area contributed by atoms with Crippen LogP contribution in [-0.4, -0.2) is 28.5 Å². The minimum atomic E-state index is -0.474. The lowest BCUT2D eigenvalue weighted by molar-refractivity contribution is -0.150. The van der Waals surface area contributed by atoms with Crippen molar-refractivity contribution in [2.75, 3.05) is 6.61 Å². The van der Waals surface area contributed by atoms with Gasteiger partial charge in [-0.1, -0.05) is 17.7 Å². The summed E-state index contributed by atoms with van der Waals surface area (Å²) in [7, 11) is 0. The summed E-state index contributed by atoms with van der Waals surface area (Å²) in [5.74, 6) is -0.436. The molecule has 0 amide bonds. The van der Waals surface area contributed by atoms with Crippen LogP contribution in [0.3, 0.4) is 0 Å². The molecular weight excluding hydrogens is 323 g/mol. The minimum Gasteiger partial charge on any atom is -0.490 e.